The number of aliphatic hydroxyl groups excluding tert-OH is 1. The number of benzene rings is 1. The van der Waals surface area contributed by atoms with Gasteiger partial charge >= 0.3 is 5.97 Å². The number of carboxylic acids is 1. The number of anilines is 1. The molecule has 5 heteroatoms. The molecule has 2 atom stereocenters. The molecule has 1 aromatic rings. The van der Waals surface area contributed by atoms with Crippen LogP contribution in [0.2, 0.25) is 0 Å². The normalized spacial score (nSPS) is 27.3. The number of nitrogens with zero attached hydrogens (tertiary/aromatic N) is 1. The SMILES string of the molecule is CC1(C)C2=C3C=C(CC(=O)O)C(O)OC3CCN2c2ccccc21. The minimum atomic E-state index is -1.13. The average molecular weight is 327 g/mol. The number of ether oxygens (including phenoxy) is 1. The summed E-state index contributed by atoms with van der Waals surface area (Å²) in [7, 11) is 0. The number of hydrogen-bond donors (Lipinski definition) is 2. The molecule has 4 rings (SSSR count). The van der Waals surface area contributed by atoms with Crippen LogP contribution in [0.5, 0.6) is 0 Å². The largest absolute Gasteiger partial charge is 0.481 e. The lowest BCUT2D eigenvalue weighted by molar-refractivity contribution is -0.139. The summed E-state index contributed by atoms with van der Waals surface area (Å²) in [4.78, 5) is 13.4. The van der Waals surface area contributed by atoms with Gasteiger partial charge in [0, 0.05) is 28.9 Å². The van der Waals surface area contributed by atoms with Crippen LogP contribution < -0.4 is 4.90 Å². The van der Waals surface area contributed by atoms with E-state index in [1.54, 1.807) is 0 Å². The van der Waals surface area contributed by atoms with E-state index in [1.807, 2.05) is 12.1 Å². The summed E-state index contributed by atoms with van der Waals surface area (Å²) in [5.41, 5.74) is 4.88. The smallest absolute Gasteiger partial charge is 0.307 e. The van der Waals surface area contributed by atoms with Crippen molar-refractivity contribution in [3.63, 3.8) is 0 Å². The number of rotatable bonds is 2. The second-order valence-corrected chi connectivity index (χ2v) is 7.15. The van der Waals surface area contributed by atoms with Crippen LogP contribution >= 0.6 is 0 Å². The third kappa shape index (κ3) is 2.12. The first-order valence-electron chi connectivity index (χ1n) is 8.27. The molecular formula is C19H21NO4. The molecular weight excluding hydrogens is 306 g/mol. The third-order valence-electron chi connectivity index (χ3n) is 5.27. The highest BCUT2D eigenvalue weighted by atomic mass is 16.6. The molecule has 3 heterocycles. The molecule has 0 fully saturated rings. The van der Waals surface area contributed by atoms with Crippen molar-refractivity contribution in [1.82, 2.24) is 0 Å². The highest BCUT2D eigenvalue weighted by Gasteiger charge is 2.46. The van der Waals surface area contributed by atoms with Crippen molar-refractivity contribution in [2.75, 3.05) is 11.4 Å². The van der Waals surface area contributed by atoms with Crippen LogP contribution in [0.4, 0.5) is 5.69 Å². The summed E-state index contributed by atoms with van der Waals surface area (Å²) in [5.74, 6) is -0.963. The third-order valence-corrected chi connectivity index (χ3v) is 5.27. The summed E-state index contributed by atoms with van der Waals surface area (Å²) < 4.78 is 5.74. The fraction of sp³-hybridized carbons (Fsp3) is 0.421. The van der Waals surface area contributed by atoms with Crippen LogP contribution in [0.15, 0.2) is 47.2 Å². The molecule has 24 heavy (non-hydrogen) atoms. The zero-order valence-electron chi connectivity index (χ0n) is 13.8. The molecule has 0 amide bonds. The Morgan fingerprint density at radius 2 is 2.12 bits per heavy atom. The maximum atomic E-state index is 11.1. The molecule has 126 valence electrons. The van der Waals surface area contributed by atoms with Crippen LogP contribution in [0.3, 0.4) is 0 Å². The number of fused-ring (bicyclic) bond motifs is 4. The van der Waals surface area contributed by atoms with E-state index in [2.05, 4.69) is 36.9 Å². The Bertz CT molecular complexity index is 777. The van der Waals surface area contributed by atoms with Crippen molar-refractivity contribution in [2.24, 2.45) is 0 Å². The van der Waals surface area contributed by atoms with Crippen molar-refractivity contribution >= 4 is 11.7 Å². The number of allylic oxidation sites excluding steroid dienone is 1. The minimum absolute atomic E-state index is 0.179. The fourth-order valence-corrected chi connectivity index (χ4v) is 4.26. The van der Waals surface area contributed by atoms with Gasteiger partial charge in [0.05, 0.1) is 12.5 Å². The highest BCUT2D eigenvalue weighted by molar-refractivity contribution is 5.74. The molecule has 2 unspecified atom stereocenters. The second-order valence-electron chi connectivity index (χ2n) is 7.15. The van der Waals surface area contributed by atoms with Gasteiger partial charge in [0.15, 0.2) is 6.29 Å². The molecule has 0 radical (unpaired) electrons. The number of carbonyl (C=O) groups is 1. The zero-order valence-corrected chi connectivity index (χ0v) is 13.8. The van der Waals surface area contributed by atoms with Gasteiger partial charge in [-0.25, -0.2) is 0 Å². The molecule has 0 aromatic heterocycles. The van der Waals surface area contributed by atoms with Crippen molar-refractivity contribution in [1.29, 1.82) is 0 Å². The topological polar surface area (TPSA) is 70.0 Å². The number of para-hydroxylation sites is 1. The van der Waals surface area contributed by atoms with Crippen molar-refractivity contribution in [3.05, 3.63) is 52.7 Å². The molecule has 0 spiro atoms. The van der Waals surface area contributed by atoms with Gasteiger partial charge in [-0.3, -0.25) is 4.79 Å². The van der Waals surface area contributed by atoms with Gasteiger partial charge in [-0.05, 0) is 29.7 Å². The Balaban J connectivity index is 1.89. The first-order chi connectivity index (χ1) is 11.4. The lowest BCUT2D eigenvalue weighted by Crippen LogP contribution is -2.42. The first kappa shape index (κ1) is 15.4. The Hall–Kier alpha value is -2.11. The zero-order chi connectivity index (χ0) is 17.1. The summed E-state index contributed by atoms with van der Waals surface area (Å²) in [6.07, 6.45) is 1.10. The Labute approximate surface area is 140 Å². The Morgan fingerprint density at radius 3 is 2.88 bits per heavy atom. The maximum absolute atomic E-state index is 11.1. The monoisotopic (exact) mass is 327 g/mol. The van der Waals surface area contributed by atoms with Gasteiger partial charge in [-0.1, -0.05) is 32.0 Å². The molecule has 0 bridgehead atoms. The summed E-state index contributed by atoms with van der Waals surface area (Å²) in [6, 6.07) is 8.37. The predicted octanol–water partition coefficient (Wildman–Crippen LogP) is 2.56. The molecule has 2 N–H and O–H groups in total. The van der Waals surface area contributed by atoms with Gasteiger partial charge < -0.3 is 19.8 Å². The van der Waals surface area contributed by atoms with E-state index in [9.17, 15) is 9.90 Å². The fourth-order valence-electron chi connectivity index (χ4n) is 4.26. The van der Waals surface area contributed by atoms with E-state index >= 15 is 0 Å². The van der Waals surface area contributed by atoms with Gasteiger partial charge in [0.25, 0.3) is 0 Å². The van der Waals surface area contributed by atoms with Crippen LogP contribution in [-0.2, 0) is 14.9 Å². The minimum Gasteiger partial charge on any atom is -0.481 e. The molecule has 0 aliphatic carbocycles. The number of aliphatic carboxylic acids is 1. The van der Waals surface area contributed by atoms with E-state index in [-0.39, 0.29) is 17.9 Å². The number of carboxylic acid groups (broad SMARTS) is 1. The highest BCUT2D eigenvalue weighted by Crippen LogP contribution is 2.52. The Morgan fingerprint density at radius 1 is 1.38 bits per heavy atom. The van der Waals surface area contributed by atoms with E-state index in [0.717, 1.165) is 24.2 Å². The molecule has 3 aliphatic heterocycles. The van der Waals surface area contributed by atoms with Gasteiger partial charge in [0.2, 0.25) is 0 Å². The van der Waals surface area contributed by atoms with E-state index < -0.39 is 12.3 Å². The summed E-state index contributed by atoms with van der Waals surface area (Å²) in [5, 5.41) is 19.2. The quantitative estimate of drug-likeness (QED) is 0.874. The molecule has 0 saturated carbocycles. The van der Waals surface area contributed by atoms with E-state index in [4.69, 9.17) is 9.84 Å². The average Bonchev–Trinajstić information content (AvgIpc) is 2.77. The van der Waals surface area contributed by atoms with Crippen molar-refractivity contribution in [3.8, 4) is 0 Å². The maximum Gasteiger partial charge on any atom is 0.307 e. The van der Waals surface area contributed by atoms with Crippen LogP contribution in [0.25, 0.3) is 0 Å². The van der Waals surface area contributed by atoms with E-state index in [0.29, 0.717) is 5.57 Å². The van der Waals surface area contributed by atoms with Crippen LogP contribution in [-0.4, -0.2) is 35.1 Å². The molecule has 3 aliphatic rings. The summed E-state index contributed by atoms with van der Waals surface area (Å²) in [6.45, 7) is 5.21. The lowest BCUT2D eigenvalue weighted by atomic mass is 9.79. The molecule has 5 nitrogen and oxygen atoms in total. The van der Waals surface area contributed by atoms with Crippen molar-refractivity contribution < 1.29 is 19.7 Å². The Kier molecular flexibility index (Phi) is 3.34. The standard InChI is InChI=1S/C19H21NO4/c1-19(2)13-5-3-4-6-14(13)20-8-7-15-12(17(19)20)9-11(10-16(21)22)18(23)24-15/h3-6,9,15,18,23H,7-8,10H2,1-2H3,(H,21,22). The van der Waals surface area contributed by atoms with Gasteiger partial charge in [-0.15, -0.1) is 0 Å². The second kappa shape index (κ2) is 5.19. The van der Waals surface area contributed by atoms with Crippen molar-refractivity contribution in [2.45, 2.75) is 44.5 Å². The molecule has 1 aromatic carbocycles. The molecule has 0 saturated heterocycles. The predicted molar refractivity (Wildman–Crippen MR) is 89.7 cm³/mol. The number of hydrogen-bond acceptors (Lipinski definition) is 4. The van der Waals surface area contributed by atoms with Crippen LogP contribution in [0, 0.1) is 0 Å². The number of aliphatic hydroxyl groups is 1. The van der Waals surface area contributed by atoms with Gasteiger partial charge in [0.1, 0.15) is 0 Å². The lowest BCUT2D eigenvalue weighted by Gasteiger charge is -2.40. The first-order valence-corrected chi connectivity index (χ1v) is 8.27. The summed E-state index contributed by atoms with van der Waals surface area (Å²) >= 11 is 0. The van der Waals surface area contributed by atoms with Gasteiger partial charge in [-0.2, -0.15) is 0 Å². The van der Waals surface area contributed by atoms with Crippen LogP contribution in [0.1, 0.15) is 32.3 Å². The van der Waals surface area contributed by atoms with E-state index in [1.165, 1.54) is 11.3 Å².